The molecule has 1 rings (SSSR count). The fraction of sp³-hybridized carbons (Fsp3) is 0.625. The first-order chi connectivity index (χ1) is 8.97. The molecular weight excluding hydrogens is 261 g/mol. The number of halogens is 2. The number of hydrogen-bond donors (Lipinski definition) is 1. The van der Waals surface area contributed by atoms with Gasteiger partial charge in [0.1, 0.15) is 5.82 Å². The first-order valence-corrected chi connectivity index (χ1v) is 7.49. The van der Waals surface area contributed by atoms with Crippen LogP contribution in [0.3, 0.4) is 0 Å². The third-order valence-electron chi connectivity index (χ3n) is 3.62. The second kappa shape index (κ2) is 7.86. The first kappa shape index (κ1) is 16.5. The van der Waals surface area contributed by atoms with Crippen molar-refractivity contribution < 1.29 is 4.39 Å². The van der Waals surface area contributed by atoms with Gasteiger partial charge >= 0.3 is 0 Å². The maximum atomic E-state index is 14.1. The number of benzene rings is 1. The third kappa shape index (κ3) is 4.77. The van der Waals surface area contributed by atoms with Gasteiger partial charge in [-0.3, -0.25) is 0 Å². The van der Waals surface area contributed by atoms with Crippen molar-refractivity contribution in [3.05, 3.63) is 34.6 Å². The quantitative estimate of drug-likeness (QED) is 0.755. The lowest BCUT2D eigenvalue weighted by Gasteiger charge is -2.25. The predicted octanol–water partition coefficient (Wildman–Crippen LogP) is 4.85. The smallest absolute Gasteiger partial charge is 0.128 e. The Labute approximate surface area is 121 Å². The molecular formula is C16H25ClFN. The zero-order valence-corrected chi connectivity index (χ0v) is 13.1. The minimum atomic E-state index is -0.191. The first-order valence-electron chi connectivity index (χ1n) is 7.11. The summed E-state index contributed by atoms with van der Waals surface area (Å²) >= 11 is 6.20. The molecule has 0 spiro atoms. The van der Waals surface area contributed by atoms with Crippen LogP contribution in [0.2, 0.25) is 5.02 Å². The molecule has 0 saturated carbocycles. The highest BCUT2D eigenvalue weighted by Gasteiger charge is 2.23. The van der Waals surface area contributed by atoms with Gasteiger partial charge < -0.3 is 5.32 Å². The fourth-order valence-electron chi connectivity index (χ4n) is 2.26. The Morgan fingerprint density at radius 3 is 2.42 bits per heavy atom. The van der Waals surface area contributed by atoms with Gasteiger partial charge in [0, 0.05) is 23.0 Å². The van der Waals surface area contributed by atoms with Gasteiger partial charge in [-0.05, 0) is 30.5 Å². The third-order valence-corrected chi connectivity index (χ3v) is 3.95. The van der Waals surface area contributed by atoms with Crippen molar-refractivity contribution in [2.75, 3.05) is 13.1 Å². The van der Waals surface area contributed by atoms with Crippen LogP contribution >= 0.6 is 11.6 Å². The van der Waals surface area contributed by atoms with E-state index >= 15 is 0 Å². The van der Waals surface area contributed by atoms with Gasteiger partial charge in [-0.25, -0.2) is 4.39 Å². The molecule has 1 aromatic rings. The molecule has 0 radical (unpaired) electrons. The Morgan fingerprint density at radius 2 is 1.89 bits per heavy atom. The molecule has 1 aromatic carbocycles. The van der Waals surface area contributed by atoms with Crippen LogP contribution in [0.5, 0.6) is 0 Å². The molecule has 2 unspecified atom stereocenters. The molecule has 108 valence electrons. The average molecular weight is 286 g/mol. The summed E-state index contributed by atoms with van der Waals surface area (Å²) in [5, 5.41) is 3.97. The van der Waals surface area contributed by atoms with Gasteiger partial charge in [0.05, 0.1) is 0 Å². The van der Waals surface area contributed by atoms with E-state index in [0.717, 1.165) is 19.5 Å². The van der Waals surface area contributed by atoms with Crippen LogP contribution in [0.1, 0.15) is 45.6 Å². The zero-order valence-electron chi connectivity index (χ0n) is 12.3. The summed E-state index contributed by atoms with van der Waals surface area (Å²) in [6, 6.07) is 4.94. The number of hydrogen-bond acceptors (Lipinski definition) is 1. The summed E-state index contributed by atoms with van der Waals surface area (Å²) in [7, 11) is 0. The van der Waals surface area contributed by atoms with Crippen LogP contribution in [-0.4, -0.2) is 13.1 Å². The van der Waals surface area contributed by atoms with Gasteiger partial charge in [0.2, 0.25) is 0 Å². The van der Waals surface area contributed by atoms with E-state index in [9.17, 15) is 4.39 Å². The van der Waals surface area contributed by atoms with E-state index in [1.165, 1.54) is 6.07 Å². The summed E-state index contributed by atoms with van der Waals surface area (Å²) in [4.78, 5) is 0. The number of rotatable bonds is 7. The second-order valence-electron chi connectivity index (χ2n) is 5.68. The molecule has 3 heteroatoms. The summed E-state index contributed by atoms with van der Waals surface area (Å²) in [6.45, 7) is 10.3. The van der Waals surface area contributed by atoms with E-state index in [1.807, 2.05) is 0 Å². The van der Waals surface area contributed by atoms with Crippen molar-refractivity contribution in [2.24, 2.45) is 11.8 Å². The standard InChI is InChI=1S/C16H25ClFN/c1-5-12(4)13(10-19-9-11(2)3)16-14(17)7-6-8-15(16)18/h6-8,11-13,19H,5,9-10H2,1-4H3. The molecule has 0 bridgehead atoms. The maximum absolute atomic E-state index is 14.1. The van der Waals surface area contributed by atoms with Crippen molar-refractivity contribution >= 4 is 11.6 Å². The molecule has 0 saturated heterocycles. The molecule has 0 aliphatic rings. The largest absolute Gasteiger partial charge is 0.316 e. The van der Waals surface area contributed by atoms with Gasteiger partial charge in [-0.15, -0.1) is 0 Å². The minimum Gasteiger partial charge on any atom is -0.316 e. The van der Waals surface area contributed by atoms with E-state index in [1.54, 1.807) is 12.1 Å². The summed E-state index contributed by atoms with van der Waals surface area (Å²) < 4.78 is 14.1. The van der Waals surface area contributed by atoms with Crippen LogP contribution < -0.4 is 5.32 Å². The van der Waals surface area contributed by atoms with Gasteiger partial charge in [-0.2, -0.15) is 0 Å². The van der Waals surface area contributed by atoms with Crippen molar-refractivity contribution in [1.29, 1.82) is 0 Å². The Kier molecular flexibility index (Phi) is 6.81. The lowest BCUT2D eigenvalue weighted by atomic mass is 9.85. The van der Waals surface area contributed by atoms with E-state index in [2.05, 4.69) is 33.0 Å². The van der Waals surface area contributed by atoms with Crippen LogP contribution in [0, 0.1) is 17.7 Å². The highest BCUT2D eigenvalue weighted by atomic mass is 35.5. The lowest BCUT2D eigenvalue weighted by Crippen LogP contribution is -2.29. The van der Waals surface area contributed by atoms with Crippen molar-refractivity contribution in [3.8, 4) is 0 Å². The van der Waals surface area contributed by atoms with Gasteiger partial charge in [0.25, 0.3) is 0 Å². The predicted molar refractivity (Wildman–Crippen MR) is 81.3 cm³/mol. The molecule has 0 aromatic heterocycles. The summed E-state index contributed by atoms with van der Waals surface area (Å²) in [5.41, 5.74) is 0.662. The number of nitrogens with one attached hydrogen (secondary N) is 1. The Bertz CT molecular complexity index is 372. The average Bonchev–Trinajstić information content (AvgIpc) is 2.35. The Balaban J connectivity index is 2.90. The molecule has 0 fully saturated rings. The van der Waals surface area contributed by atoms with Crippen LogP contribution in [-0.2, 0) is 0 Å². The normalized spacial score (nSPS) is 14.7. The molecule has 2 atom stereocenters. The SMILES string of the molecule is CCC(C)C(CNCC(C)C)c1c(F)cccc1Cl. The zero-order chi connectivity index (χ0) is 14.4. The fourth-order valence-corrected chi connectivity index (χ4v) is 2.57. The highest BCUT2D eigenvalue weighted by molar-refractivity contribution is 6.31. The van der Waals surface area contributed by atoms with Crippen LogP contribution in [0.15, 0.2) is 18.2 Å². The summed E-state index contributed by atoms with van der Waals surface area (Å²) in [6.07, 6.45) is 1.01. The monoisotopic (exact) mass is 285 g/mol. The molecule has 0 heterocycles. The van der Waals surface area contributed by atoms with Crippen LogP contribution in [0.25, 0.3) is 0 Å². The molecule has 1 N–H and O–H groups in total. The van der Waals surface area contributed by atoms with Gasteiger partial charge in [0.15, 0.2) is 0 Å². The second-order valence-corrected chi connectivity index (χ2v) is 6.09. The molecule has 1 nitrogen and oxygen atoms in total. The molecule has 0 amide bonds. The molecule has 0 aliphatic heterocycles. The lowest BCUT2D eigenvalue weighted by molar-refractivity contribution is 0.398. The van der Waals surface area contributed by atoms with Crippen molar-refractivity contribution in [3.63, 3.8) is 0 Å². The van der Waals surface area contributed by atoms with E-state index < -0.39 is 0 Å². The molecule has 19 heavy (non-hydrogen) atoms. The summed E-state index contributed by atoms with van der Waals surface area (Å²) in [5.74, 6) is 0.921. The maximum Gasteiger partial charge on any atom is 0.128 e. The Hall–Kier alpha value is -0.600. The van der Waals surface area contributed by atoms with Gasteiger partial charge in [-0.1, -0.05) is 51.8 Å². The Morgan fingerprint density at radius 1 is 1.21 bits per heavy atom. The minimum absolute atomic E-state index is 0.123. The van der Waals surface area contributed by atoms with Crippen molar-refractivity contribution in [2.45, 2.75) is 40.0 Å². The van der Waals surface area contributed by atoms with E-state index in [4.69, 9.17) is 11.6 Å². The van der Waals surface area contributed by atoms with Crippen LogP contribution in [0.4, 0.5) is 4.39 Å². The van der Waals surface area contributed by atoms with Crippen molar-refractivity contribution in [1.82, 2.24) is 5.32 Å². The van der Waals surface area contributed by atoms with E-state index in [-0.39, 0.29) is 11.7 Å². The molecule has 0 aliphatic carbocycles. The van der Waals surface area contributed by atoms with E-state index in [0.29, 0.717) is 22.4 Å². The highest BCUT2D eigenvalue weighted by Crippen LogP contribution is 2.33. The topological polar surface area (TPSA) is 12.0 Å².